The Balaban J connectivity index is 1.49. The number of halogens is 1. The topological polar surface area (TPSA) is 19.4 Å². The van der Waals surface area contributed by atoms with Crippen LogP contribution in [0.4, 0.5) is 5.82 Å². The van der Waals surface area contributed by atoms with Crippen LogP contribution in [-0.4, -0.2) is 35.6 Å². The Kier molecular flexibility index (Phi) is 4.70. The summed E-state index contributed by atoms with van der Waals surface area (Å²) in [4.78, 5) is 9.64. The van der Waals surface area contributed by atoms with Crippen molar-refractivity contribution in [2.75, 3.05) is 24.5 Å². The SMILES string of the molecule is Cc1ccc(CN2CCC3CCN(c4ccc(Cl)cn4)CC32)c(C)c1. The van der Waals surface area contributed by atoms with Crippen LogP contribution < -0.4 is 4.90 Å². The second-order valence-corrected chi connectivity index (χ2v) is 8.02. The summed E-state index contributed by atoms with van der Waals surface area (Å²) < 4.78 is 0. The van der Waals surface area contributed by atoms with Gasteiger partial charge in [0.2, 0.25) is 0 Å². The van der Waals surface area contributed by atoms with Crippen molar-refractivity contribution < 1.29 is 0 Å². The fourth-order valence-electron chi connectivity index (χ4n) is 4.43. The fraction of sp³-hybridized carbons (Fsp3) is 0.476. The summed E-state index contributed by atoms with van der Waals surface area (Å²) in [6.07, 6.45) is 4.35. The molecule has 2 atom stereocenters. The molecule has 2 saturated heterocycles. The molecule has 0 amide bonds. The minimum absolute atomic E-state index is 0.631. The molecule has 0 N–H and O–H groups in total. The summed E-state index contributed by atoms with van der Waals surface area (Å²) in [6.45, 7) is 8.86. The third kappa shape index (κ3) is 3.54. The van der Waals surface area contributed by atoms with Crippen molar-refractivity contribution in [1.82, 2.24) is 9.88 Å². The number of nitrogens with zero attached hydrogens (tertiary/aromatic N) is 3. The van der Waals surface area contributed by atoms with Crippen LogP contribution in [0.25, 0.3) is 0 Å². The van der Waals surface area contributed by atoms with Crippen molar-refractivity contribution in [3.63, 3.8) is 0 Å². The Morgan fingerprint density at radius 3 is 2.72 bits per heavy atom. The summed E-state index contributed by atoms with van der Waals surface area (Å²) >= 11 is 5.99. The van der Waals surface area contributed by atoms with Crippen molar-refractivity contribution in [2.45, 2.75) is 39.3 Å². The summed E-state index contributed by atoms with van der Waals surface area (Å²) in [5.74, 6) is 1.88. The van der Waals surface area contributed by atoms with Gasteiger partial charge in [-0.3, -0.25) is 4.90 Å². The van der Waals surface area contributed by atoms with Gasteiger partial charge in [0.25, 0.3) is 0 Å². The number of pyridine rings is 1. The number of aryl methyl sites for hydroxylation is 2. The number of likely N-dealkylation sites (tertiary alicyclic amines) is 1. The zero-order chi connectivity index (χ0) is 17.4. The predicted octanol–water partition coefficient (Wildman–Crippen LogP) is 4.45. The van der Waals surface area contributed by atoms with Crippen molar-refractivity contribution in [2.24, 2.45) is 5.92 Å². The van der Waals surface area contributed by atoms with Crippen molar-refractivity contribution in [3.8, 4) is 0 Å². The number of anilines is 1. The molecule has 1 aromatic heterocycles. The molecule has 0 aliphatic carbocycles. The number of hydrogen-bond acceptors (Lipinski definition) is 3. The van der Waals surface area contributed by atoms with Crippen LogP contribution in [0.15, 0.2) is 36.5 Å². The third-order valence-electron chi connectivity index (χ3n) is 5.88. The summed E-state index contributed by atoms with van der Waals surface area (Å²) in [7, 11) is 0. The molecule has 2 aliphatic rings. The first-order chi connectivity index (χ1) is 12.1. The van der Waals surface area contributed by atoms with Gasteiger partial charge in [0, 0.05) is 31.9 Å². The van der Waals surface area contributed by atoms with Crippen LogP contribution in [0.5, 0.6) is 0 Å². The maximum atomic E-state index is 5.99. The molecule has 4 rings (SSSR count). The number of aromatic nitrogens is 1. The Labute approximate surface area is 155 Å². The Hall–Kier alpha value is -1.58. The monoisotopic (exact) mass is 355 g/mol. The molecule has 2 aliphatic heterocycles. The lowest BCUT2D eigenvalue weighted by molar-refractivity contribution is 0.200. The van der Waals surface area contributed by atoms with Gasteiger partial charge in [0.05, 0.1) is 5.02 Å². The Bertz CT molecular complexity index is 743. The summed E-state index contributed by atoms with van der Waals surface area (Å²) in [5.41, 5.74) is 4.22. The molecule has 1 aromatic carbocycles. The van der Waals surface area contributed by atoms with E-state index in [1.165, 1.54) is 36.1 Å². The molecule has 0 saturated carbocycles. The van der Waals surface area contributed by atoms with E-state index in [1.54, 1.807) is 6.20 Å². The zero-order valence-electron chi connectivity index (χ0n) is 15.1. The molecular weight excluding hydrogens is 330 g/mol. The first kappa shape index (κ1) is 16.9. The molecule has 132 valence electrons. The van der Waals surface area contributed by atoms with E-state index in [1.807, 2.05) is 12.1 Å². The van der Waals surface area contributed by atoms with Crippen LogP contribution in [0.2, 0.25) is 5.02 Å². The van der Waals surface area contributed by atoms with Crippen LogP contribution in [0.3, 0.4) is 0 Å². The molecular formula is C21H26ClN3. The van der Waals surface area contributed by atoms with Crippen molar-refractivity contribution >= 4 is 17.4 Å². The van der Waals surface area contributed by atoms with Crippen molar-refractivity contribution in [3.05, 3.63) is 58.2 Å². The number of rotatable bonds is 3. The normalized spacial score (nSPS) is 23.7. The molecule has 0 radical (unpaired) electrons. The maximum Gasteiger partial charge on any atom is 0.128 e. The maximum absolute atomic E-state index is 5.99. The van der Waals surface area contributed by atoms with Gasteiger partial charge in [-0.25, -0.2) is 4.98 Å². The highest BCUT2D eigenvalue weighted by Gasteiger charge is 2.38. The van der Waals surface area contributed by atoms with E-state index in [0.717, 1.165) is 31.4 Å². The van der Waals surface area contributed by atoms with E-state index in [9.17, 15) is 0 Å². The van der Waals surface area contributed by atoms with Gasteiger partial charge in [-0.2, -0.15) is 0 Å². The first-order valence-electron chi connectivity index (χ1n) is 9.27. The minimum Gasteiger partial charge on any atom is -0.355 e. The highest BCUT2D eigenvalue weighted by molar-refractivity contribution is 6.30. The van der Waals surface area contributed by atoms with E-state index in [4.69, 9.17) is 11.6 Å². The second-order valence-electron chi connectivity index (χ2n) is 7.59. The predicted molar refractivity (Wildman–Crippen MR) is 104 cm³/mol. The molecule has 3 heterocycles. The quantitative estimate of drug-likeness (QED) is 0.810. The highest BCUT2D eigenvalue weighted by atomic mass is 35.5. The lowest BCUT2D eigenvalue weighted by Crippen LogP contribution is -2.48. The number of piperidine rings is 1. The van der Waals surface area contributed by atoms with E-state index in [0.29, 0.717) is 11.1 Å². The second kappa shape index (κ2) is 6.97. The Morgan fingerprint density at radius 2 is 1.96 bits per heavy atom. The Morgan fingerprint density at radius 1 is 1.12 bits per heavy atom. The largest absolute Gasteiger partial charge is 0.355 e. The lowest BCUT2D eigenvalue weighted by Gasteiger charge is -2.39. The smallest absolute Gasteiger partial charge is 0.128 e. The number of benzene rings is 1. The van der Waals surface area contributed by atoms with E-state index in [2.05, 4.69) is 46.8 Å². The molecule has 25 heavy (non-hydrogen) atoms. The number of fused-ring (bicyclic) bond motifs is 1. The van der Waals surface area contributed by atoms with Gasteiger partial charge < -0.3 is 4.90 Å². The van der Waals surface area contributed by atoms with Crippen LogP contribution in [-0.2, 0) is 6.54 Å². The van der Waals surface area contributed by atoms with Gasteiger partial charge in [-0.1, -0.05) is 35.4 Å². The van der Waals surface area contributed by atoms with E-state index >= 15 is 0 Å². The summed E-state index contributed by atoms with van der Waals surface area (Å²) in [6, 6.07) is 11.5. The molecule has 3 nitrogen and oxygen atoms in total. The van der Waals surface area contributed by atoms with Gasteiger partial charge in [-0.05, 0) is 62.4 Å². The molecule has 0 spiro atoms. The van der Waals surface area contributed by atoms with Gasteiger partial charge in [0.15, 0.2) is 0 Å². The molecule has 0 bridgehead atoms. The van der Waals surface area contributed by atoms with Gasteiger partial charge >= 0.3 is 0 Å². The third-order valence-corrected chi connectivity index (χ3v) is 6.11. The van der Waals surface area contributed by atoms with Crippen LogP contribution in [0, 0.1) is 19.8 Å². The fourth-order valence-corrected chi connectivity index (χ4v) is 4.54. The highest BCUT2D eigenvalue weighted by Crippen LogP contribution is 2.34. The zero-order valence-corrected chi connectivity index (χ0v) is 15.8. The van der Waals surface area contributed by atoms with E-state index in [-0.39, 0.29) is 0 Å². The van der Waals surface area contributed by atoms with Gasteiger partial charge in [-0.15, -0.1) is 0 Å². The van der Waals surface area contributed by atoms with Crippen LogP contribution >= 0.6 is 11.6 Å². The minimum atomic E-state index is 0.631. The standard InChI is InChI=1S/C21H26ClN3/c1-15-3-4-18(16(2)11-15)13-24-9-7-17-8-10-25(14-20(17)24)21-6-5-19(22)12-23-21/h3-6,11-12,17,20H,7-10,13-14H2,1-2H3. The average Bonchev–Trinajstić information content (AvgIpc) is 3.00. The molecule has 2 aromatic rings. The van der Waals surface area contributed by atoms with Crippen molar-refractivity contribution in [1.29, 1.82) is 0 Å². The first-order valence-corrected chi connectivity index (χ1v) is 9.64. The van der Waals surface area contributed by atoms with Crippen LogP contribution in [0.1, 0.15) is 29.5 Å². The average molecular weight is 356 g/mol. The summed E-state index contributed by atoms with van der Waals surface area (Å²) in [5, 5.41) is 0.705. The number of hydrogen-bond donors (Lipinski definition) is 0. The molecule has 2 fully saturated rings. The molecule has 2 unspecified atom stereocenters. The van der Waals surface area contributed by atoms with Gasteiger partial charge in [0.1, 0.15) is 5.82 Å². The lowest BCUT2D eigenvalue weighted by atomic mass is 9.92. The molecule has 4 heteroatoms. The van der Waals surface area contributed by atoms with E-state index < -0.39 is 0 Å².